The molecule has 4 atom stereocenters. The third-order valence-electron chi connectivity index (χ3n) is 11.8. The SMILES string of the molecule is COC(=O)NC(C(=O)N1CCCC1c1nc(-c2ccc3cc(-c4ccc(-c5cnc(C6CC(Cc7ccccc7)CN6C(=O)OC(C)(C)C)[nH]5)cc4)ccc3c2)c[nH]1)C(C)C. The van der Waals surface area contributed by atoms with Gasteiger partial charge in [0.2, 0.25) is 5.91 Å². The number of methoxy groups -OCH3 is 1. The van der Waals surface area contributed by atoms with Crippen molar-refractivity contribution in [2.24, 2.45) is 11.8 Å². The number of aromatic nitrogens is 4. The van der Waals surface area contributed by atoms with E-state index in [0.29, 0.717) is 13.1 Å². The van der Waals surface area contributed by atoms with E-state index in [-0.39, 0.29) is 35.9 Å². The molecule has 2 saturated heterocycles. The van der Waals surface area contributed by atoms with Crippen LogP contribution < -0.4 is 5.32 Å². The first-order valence-electron chi connectivity index (χ1n) is 21.3. The molecule has 2 aromatic heterocycles. The summed E-state index contributed by atoms with van der Waals surface area (Å²) < 4.78 is 10.6. The number of benzene rings is 4. The highest BCUT2D eigenvalue weighted by Gasteiger charge is 2.40. The van der Waals surface area contributed by atoms with Crippen LogP contribution in [0.4, 0.5) is 9.59 Å². The fraction of sp³-hybridized carbons (Fsp3) is 0.367. The van der Waals surface area contributed by atoms with Crippen molar-refractivity contribution in [3.05, 3.63) is 121 Å². The molecule has 316 valence electrons. The molecule has 4 unspecified atom stereocenters. The molecular formula is C49H55N7O5. The molecule has 0 aliphatic carbocycles. The van der Waals surface area contributed by atoms with Gasteiger partial charge in [-0.15, -0.1) is 0 Å². The molecule has 0 radical (unpaired) electrons. The Morgan fingerprint density at radius 3 is 2.25 bits per heavy atom. The monoisotopic (exact) mass is 821 g/mol. The zero-order valence-corrected chi connectivity index (χ0v) is 35.8. The van der Waals surface area contributed by atoms with Crippen LogP contribution >= 0.6 is 0 Å². The molecule has 3 N–H and O–H groups in total. The van der Waals surface area contributed by atoms with Crippen molar-refractivity contribution >= 4 is 28.9 Å². The van der Waals surface area contributed by atoms with E-state index in [2.05, 4.69) is 100 Å². The number of nitrogens with zero attached hydrogens (tertiary/aromatic N) is 4. The first kappa shape index (κ1) is 41.3. The number of hydrogen-bond acceptors (Lipinski definition) is 7. The molecule has 12 heteroatoms. The third-order valence-corrected chi connectivity index (χ3v) is 11.8. The molecule has 2 aliphatic heterocycles. The summed E-state index contributed by atoms with van der Waals surface area (Å²) in [7, 11) is 1.30. The van der Waals surface area contributed by atoms with Gasteiger partial charge in [0.1, 0.15) is 23.3 Å². The molecule has 61 heavy (non-hydrogen) atoms. The molecule has 0 saturated carbocycles. The Labute approximate surface area is 357 Å². The predicted molar refractivity (Wildman–Crippen MR) is 236 cm³/mol. The standard InChI is InChI=1S/C49H55N7O5/c1-30(2)43(54-47(58)60-6)46(57)55-22-10-13-41(55)44-50-28-40(53-44)38-21-20-36-25-35(18-19-37(36)26-38)33-14-16-34(17-15-33)39-27-51-45(52-39)42-24-32(23-31-11-8-7-9-12-31)29-56(42)48(59)61-49(3,4)5/h7-9,11-12,14-21,25-28,30,32,41-43H,10,13,22-24,29H2,1-6H3,(H,50,53)(H,51,52)(H,54,58). The average Bonchev–Trinajstić information content (AvgIpc) is 4.09. The number of ether oxygens (including phenoxy) is 2. The number of nitrogens with one attached hydrogen (secondary N) is 3. The summed E-state index contributed by atoms with van der Waals surface area (Å²) in [5, 5.41) is 4.92. The minimum Gasteiger partial charge on any atom is -0.453 e. The zero-order valence-electron chi connectivity index (χ0n) is 35.8. The number of imidazole rings is 2. The van der Waals surface area contributed by atoms with Gasteiger partial charge in [0.25, 0.3) is 0 Å². The predicted octanol–water partition coefficient (Wildman–Crippen LogP) is 9.87. The topological polar surface area (TPSA) is 146 Å². The minimum atomic E-state index is -0.684. The van der Waals surface area contributed by atoms with Crippen molar-refractivity contribution in [1.29, 1.82) is 0 Å². The lowest BCUT2D eigenvalue weighted by atomic mass is 9.96. The molecule has 0 spiro atoms. The number of hydrogen-bond donors (Lipinski definition) is 3. The van der Waals surface area contributed by atoms with Crippen LogP contribution in [0.25, 0.3) is 44.4 Å². The molecule has 2 fully saturated rings. The maximum absolute atomic E-state index is 13.6. The number of alkyl carbamates (subject to hydrolysis) is 1. The van der Waals surface area contributed by atoms with Gasteiger partial charge in [0, 0.05) is 24.8 Å². The van der Waals surface area contributed by atoms with Gasteiger partial charge >= 0.3 is 12.2 Å². The Bertz CT molecular complexity index is 2500. The van der Waals surface area contributed by atoms with Crippen LogP contribution in [0.1, 0.15) is 83.2 Å². The molecule has 4 heterocycles. The van der Waals surface area contributed by atoms with Gasteiger partial charge in [-0.25, -0.2) is 19.6 Å². The number of rotatable bonds is 10. The van der Waals surface area contributed by atoms with Crippen molar-refractivity contribution in [1.82, 2.24) is 35.1 Å². The Balaban J connectivity index is 0.951. The van der Waals surface area contributed by atoms with Gasteiger partial charge in [-0.05, 0) is 103 Å². The number of aromatic amines is 2. The molecule has 2 aliphatic rings. The summed E-state index contributed by atoms with van der Waals surface area (Å²) >= 11 is 0. The highest BCUT2D eigenvalue weighted by molar-refractivity contribution is 5.91. The highest BCUT2D eigenvalue weighted by atomic mass is 16.6. The van der Waals surface area contributed by atoms with E-state index < -0.39 is 17.7 Å². The third kappa shape index (κ3) is 9.18. The Hall–Kier alpha value is -6.43. The summed E-state index contributed by atoms with van der Waals surface area (Å²) in [6.45, 7) is 10.7. The van der Waals surface area contributed by atoms with E-state index in [4.69, 9.17) is 19.4 Å². The molecule has 12 nitrogen and oxygen atoms in total. The van der Waals surface area contributed by atoms with Crippen molar-refractivity contribution in [3.63, 3.8) is 0 Å². The van der Waals surface area contributed by atoms with Crippen molar-refractivity contribution in [2.75, 3.05) is 20.2 Å². The largest absolute Gasteiger partial charge is 0.453 e. The fourth-order valence-electron chi connectivity index (χ4n) is 8.73. The van der Waals surface area contributed by atoms with Gasteiger partial charge in [0.05, 0.1) is 36.8 Å². The number of amides is 3. The second-order valence-corrected chi connectivity index (χ2v) is 17.7. The fourth-order valence-corrected chi connectivity index (χ4v) is 8.73. The minimum absolute atomic E-state index is 0.101. The second-order valence-electron chi connectivity index (χ2n) is 17.7. The number of carbonyl (C=O) groups is 3. The van der Waals surface area contributed by atoms with Crippen molar-refractivity contribution in [2.45, 2.75) is 84.0 Å². The first-order chi connectivity index (χ1) is 29.3. The van der Waals surface area contributed by atoms with E-state index in [1.165, 1.54) is 12.7 Å². The van der Waals surface area contributed by atoms with E-state index in [1.807, 2.05) is 62.9 Å². The average molecular weight is 822 g/mol. The van der Waals surface area contributed by atoms with Crippen LogP contribution in [0, 0.1) is 11.8 Å². The zero-order chi connectivity index (χ0) is 42.8. The number of likely N-dealkylation sites (tertiary alicyclic amines) is 2. The van der Waals surface area contributed by atoms with E-state index in [9.17, 15) is 14.4 Å². The van der Waals surface area contributed by atoms with Crippen LogP contribution in [0.3, 0.4) is 0 Å². The smallest absolute Gasteiger partial charge is 0.410 e. The Morgan fingerprint density at radius 1 is 0.852 bits per heavy atom. The Morgan fingerprint density at radius 2 is 1.54 bits per heavy atom. The number of fused-ring (bicyclic) bond motifs is 1. The lowest BCUT2D eigenvalue weighted by Crippen LogP contribution is -2.51. The van der Waals surface area contributed by atoms with Crippen molar-refractivity contribution < 1.29 is 23.9 Å². The molecule has 4 aromatic carbocycles. The quantitative estimate of drug-likeness (QED) is 0.125. The first-order valence-corrected chi connectivity index (χ1v) is 21.3. The van der Waals surface area contributed by atoms with Gasteiger partial charge in [0.15, 0.2) is 0 Å². The molecular weight excluding hydrogens is 767 g/mol. The van der Waals surface area contributed by atoms with Gasteiger partial charge in [-0.1, -0.05) is 92.7 Å². The highest BCUT2D eigenvalue weighted by Crippen LogP contribution is 2.38. The summed E-state index contributed by atoms with van der Waals surface area (Å²) in [4.78, 5) is 59.3. The molecule has 0 bridgehead atoms. The number of carbonyl (C=O) groups excluding carboxylic acids is 3. The van der Waals surface area contributed by atoms with Crippen LogP contribution in [-0.4, -0.2) is 79.7 Å². The van der Waals surface area contributed by atoms with E-state index in [0.717, 1.165) is 81.7 Å². The van der Waals surface area contributed by atoms with Crippen LogP contribution in [0.15, 0.2) is 103 Å². The Kier molecular flexibility index (Phi) is 11.7. The summed E-state index contributed by atoms with van der Waals surface area (Å²) in [6.07, 6.45) is 6.15. The van der Waals surface area contributed by atoms with Gasteiger partial charge in [-0.3, -0.25) is 9.69 Å². The lowest BCUT2D eigenvalue weighted by molar-refractivity contribution is -0.135. The lowest BCUT2D eigenvalue weighted by Gasteiger charge is -2.29. The molecule has 6 aromatic rings. The van der Waals surface area contributed by atoms with E-state index in [1.54, 1.807) is 0 Å². The van der Waals surface area contributed by atoms with Crippen LogP contribution in [-0.2, 0) is 20.7 Å². The normalized spacial score (nSPS) is 18.4. The van der Waals surface area contributed by atoms with E-state index >= 15 is 0 Å². The molecule has 3 amide bonds. The summed E-state index contributed by atoms with van der Waals surface area (Å²) in [5.74, 6) is 1.55. The van der Waals surface area contributed by atoms with Crippen LogP contribution in [0.2, 0.25) is 0 Å². The maximum atomic E-state index is 13.6. The van der Waals surface area contributed by atoms with Gasteiger partial charge in [-0.2, -0.15) is 0 Å². The van der Waals surface area contributed by atoms with Crippen molar-refractivity contribution in [3.8, 4) is 33.6 Å². The van der Waals surface area contributed by atoms with Gasteiger partial charge < -0.3 is 29.7 Å². The summed E-state index contributed by atoms with van der Waals surface area (Å²) in [6, 6.07) is 30.6. The number of H-pyrrole nitrogens is 2. The van der Waals surface area contributed by atoms with Crippen LogP contribution in [0.5, 0.6) is 0 Å². The molecule has 8 rings (SSSR count). The summed E-state index contributed by atoms with van der Waals surface area (Å²) in [5.41, 5.74) is 6.56. The second kappa shape index (κ2) is 17.3. The maximum Gasteiger partial charge on any atom is 0.410 e.